The summed E-state index contributed by atoms with van der Waals surface area (Å²) in [6, 6.07) is 7.67. The van der Waals surface area contributed by atoms with E-state index in [0.717, 1.165) is 9.87 Å². The van der Waals surface area contributed by atoms with Crippen LogP contribution in [0.1, 0.15) is 5.56 Å². The normalized spacial score (nSPS) is 16.4. The molecule has 1 aromatic heterocycles. The van der Waals surface area contributed by atoms with E-state index in [4.69, 9.17) is 14.2 Å². The minimum absolute atomic E-state index is 0.00734. The number of carbonyl (C=O) groups is 2. The number of hydrogen-bond acceptors (Lipinski definition) is 8. The van der Waals surface area contributed by atoms with E-state index in [0.29, 0.717) is 5.75 Å². The van der Waals surface area contributed by atoms with E-state index in [-0.39, 0.29) is 36.9 Å². The largest absolute Gasteiger partial charge is 0.493 e. The van der Waals surface area contributed by atoms with Crippen LogP contribution in [0.2, 0.25) is 0 Å². The molecule has 1 aromatic carbocycles. The molecule has 172 valence electrons. The molecule has 1 saturated heterocycles. The van der Waals surface area contributed by atoms with Crippen molar-refractivity contribution in [3.8, 4) is 11.5 Å². The number of sulfonamides is 1. The number of methoxy groups -OCH3 is 2. The summed E-state index contributed by atoms with van der Waals surface area (Å²) in [4.78, 5) is 28.0. The number of aromatic nitrogens is 1. The SMILES string of the molecule is COc1ccc(S(=O)(=O)N2CCO[C@@H]2CNC(=O)C(=O)NCc2ccncc2)cc1OC. The molecule has 0 radical (unpaired) electrons. The van der Waals surface area contributed by atoms with Crippen molar-refractivity contribution in [2.75, 3.05) is 33.9 Å². The van der Waals surface area contributed by atoms with Crippen LogP contribution >= 0.6 is 0 Å². The fourth-order valence-electron chi connectivity index (χ4n) is 3.08. The van der Waals surface area contributed by atoms with E-state index in [1.165, 1.54) is 32.4 Å². The van der Waals surface area contributed by atoms with Gasteiger partial charge in [0.25, 0.3) is 0 Å². The summed E-state index contributed by atoms with van der Waals surface area (Å²) in [5, 5.41) is 4.90. The van der Waals surface area contributed by atoms with Crippen molar-refractivity contribution in [2.45, 2.75) is 17.7 Å². The summed E-state index contributed by atoms with van der Waals surface area (Å²) in [5.41, 5.74) is 0.785. The third-order valence-corrected chi connectivity index (χ3v) is 6.64. The summed E-state index contributed by atoms with van der Waals surface area (Å²) in [6.45, 7) is 0.231. The molecule has 12 heteroatoms. The second-order valence-corrected chi connectivity index (χ2v) is 8.60. The maximum Gasteiger partial charge on any atom is 0.309 e. The molecule has 0 spiro atoms. The molecule has 1 fully saturated rings. The van der Waals surface area contributed by atoms with Crippen molar-refractivity contribution in [2.24, 2.45) is 0 Å². The molecule has 1 aliphatic rings. The average Bonchev–Trinajstić information content (AvgIpc) is 3.30. The van der Waals surface area contributed by atoms with Crippen molar-refractivity contribution >= 4 is 21.8 Å². The zero-order chi connectivity index (χ0) is 23.1. The first-order valence-corrected chi connectivity index (χ1v) is 11.1. The number of benzene rings is 1. The van der Waals surface area contributed by atoms with E-state index in [1.54, 1.807) is 24.5 Å². The standard InChI is InChI=1S/C20H24N4O7S/c1-29-16-4-3-15(11-17(16)30-2)32(27,28)24-9-10-31-18(24)13-23-20(26)19(25)22-12-14-5-7-21-8-6-14/h3-8,11,18H,9-10,12-13H2,1-2H3,(H,22,25)(H,23,26)/t18-/m1/s1. The Bertz CT molecular complexity index is 1060. The van der Waals surface area contributed by atoms with Crippen LogP contribution in [0.25, 0.3) is 0 Å². The van der Waals surface area contributed by atoms with Crippen molar-refractivity contribution in [1.29, 1.82) is 0 Å². The first-order chi connectivity index (χ1) is 15.4. The maximum atomic E-state index is 13.1. The zero-order valence-corrected chi connectivity index (χ0v) is 18.4. The Labute approximate surface area is 185 Å². The van der Waals surface area contributed by atoms with Gasteiger partial charge in [-0.3, -0.25) is 14.6 Å². The molecule has 2 N–H and O–H groups in total. The van der Waals surface area contributed by atoms with E-state index >= 15 is 0 Å². The molecule has 2 amide bonds. The highest BCUT2D eigenvalue weighted by atomic mass is 32.2. The van der Waals surface area contributed by atoms with Gasteiger partial charge in [0.1, 0.15) is 6.23 Å². The highest BCUT2D eigenvalue weighted by molar-refractivity contribution is 7.89. The molecule has 1 aliphatic heterocycles. The van der Waals surface area contributed by atoms with Crippen molar-refractivity contribution in [1.82, 2.24) is 19.9 Å². The quantitative estimate of drug-likeness (QED) is 0.516. The molecule has 3 rings (SSSR count). The molecule has 0 aliphatic carbocycles. The fourth-order valence-corrected chi connectivity index (χ4v) is 4.60. The Morgan fingerprint density at radius 1 is 1.09 bits per heavy atom. The van der Waals surface area contributed by atoms with Gasteiger partial charge >= 0.3 is 11.8 Å². The number of nitrogens with zero attached hydrogens (tertiary/aromatic N) is 2. The summed E-state index contributed by atoms with van der Waals surface area (Å²) in [5.74, 6) is -1.07. The number of hydrogen-bond donors (Lipinski definition) is 2. The Balaban J connectivity index is 1.61. The van der Waals surface area contributed by atoms with Crippen LogP contribution in [0, 0.1) is 0 Å². The third-order valence-electron chi connectivity index (χ3n) is 4.75. The van der Waals surface area contributed by atoms with Crippen LogP contribution in [0.4, 0.5) is 0 Å². The number of pyridine rings is 1. The Morgan fingerprint density at radius 2 is 1.78 bits per heavy atom. The van der Waals surface area contributed by atoms with E-state index < -0.39 is 28.1 Å². The van der Waals surface area contributed by atoms with Crippen LogP contribution in [-0.4, -0.2) is 69.7 Å². The molecule has 2 aromatic rings. The predicted molar refractivity (Wildman–Crippen MR) is 112 cm³/mol. The molecule has 1 atom stereocenters. The minimum Gasteiger partial charge on any atom is -0.493 e. The van der Waals surface area contributed by atoms with Crippen LogP contribution in [0.5, 0.6) is 11.5 Å². The summed E-state index contributed by atoms with van der Waals surface area (Å²) in [7, 11) is -1.09. The first-order valence-electron chi connectivity index (χ1n) is 9.67. The number of ether oxygens (including phenoxy) is 3. The Morgan fingerprint density at radius 3 is 2.47 bits per heavy atom. The molecular formula is C20H24N4O7S. The smallest absolute Gasteiger partial charge is 0.309 e. The second-order valence-electron chi connectivity index (χ2n) is 6.71. The van der Waals surface area contributed by atoms with Crippen LogP contribution in [-0.2, 0) is 30.9 Å². The van der Waals surface area contributed by atoms with Crippen molar-refractivity contribution in [3.05, 3.63) is 48.3 Å². The van der Waals surface area contributed by atoms with Crippen LogP contribution < -0.4 is 20.1 Å². The third kappa shape index (κ3) is 5.33. The van der Waals surface area contributed by atoms with Crippen LogP contribution in [0.15, 0.2) is 47.6 Å². The average molecular weight is 465 g/mol. The monoisotopic (exact) mass is 464 g/mol. The maximum absolute atomic E-state index is 13.1. The van der Waals surface area contributed by atoms with Crippen molar-refractivity contribution < 1.29 is 32.2 Å². The Hall–Kier alpha value is -3.22. The molecule has 2 heterocycles. The minimum atomic E-state index is -3.94. The van der Waals surface area contributed by atoms with Gasteiger partial charge in [0.15, 0.2) is 11.5 Å². The van der Waals surface area contributed by atoms with Gasteiger partial charge in [0.05, 0.1) is 32.3 Å². The van der Waals surface area contributed by atoms with Gasteiger partial charge < -0.3 is 24.8 Å². The highest BCUT2D eigenvalue weighted by Crippen LogP contribution is 2.31. The lowest BCUT2D eigenvalue weighted by Crippen LogP contribution is -2.47. The number of nitrogens with one attached hydrogen (secondary N) is 2. The number of amides is 2. The Kier molecular flexibility index (Phi) is 7.62. The van der Waals surface area contributed by atoms with E-state index in [9.17, 15) is 18.0 Å². The van der Waals surface area contributed by atoms with Gasteiger partial charge in [0.2, 0.25) is 10.0 Å². The summed E-state index contributed by atoms with van der Waals surface area (Å²) < 4.78 is 43.1. The zero-order valence-electron chi connectivity index (χ0n) is 17.6. The van der Waals surface area contributed by atoms with Gasteiger partial charge in [0, 0.05) is 31.5 Å². The first kappa shape index (κ1) is 23.4. The lowest BCUT2D eigenvalue weighted by molar-refractivity contribution is -0.139. The van der Waals surface area contributed by atoms with Gasteiger partial charge in [-0.05, 0) is 29.8 Å². The highest BCUT2D eigenvalue weighted by Gasteiger charge is 2.37. The summed E-state index contributed by atoms with van der Waals surface area (Å²) >= 11 is 0. The van der Waals surface area contributed by atoms with Gasteiger partial charge in [-0.25, -0.2) is 8.42 Å². The predicted octanol–water partition coefficient (Wildman–Crippen LogP) is -0.122. The topological polar surface area (TPSA) is 136 Å². The lowest BCUT2D eigenvalue weighted by Gasteiger charge is -2.23. The molecule has 0 unspecified atom stereocenters. The van der Waals surface area contributed by atoms with Crippen molar-refractivity contribution in [3.63, 3.8) is 0 Å². The second kappa shape index (κ2) is 10.4. The summed E-state index contributed by atoms with van der Waals surface area (Å²) in [6.07, 6.45) is 2.20. The lowest BCUT2D eigenvalue weighted by atomic mass is 10.3. The fraction of sp³-hybridized carbons (Fsp3) is 0.350. The molecule has 11 nitrogen and oxygen atoms in total. The van der Waals surface area contributed by atoms with E-state index in [2.05, 4.69) is 15.6 Å². The molecular weight excluding hydrogens is 440 g/mol. The van der Waals surface area contributed by atoms with Crippen LogP contribution in [0.3, 0.4) is 0 Å². The molecule has 32 heavy (non-hydrogen) atoms. The van der Waals surface area contributed by atoms with Gasteiger partial charge in [-0.15, -0.1) is 0 Å². The number of rotatable bonds is 8. The number of carbonyl (C=O) groups excluding carboxylic acids is 2. The molecule has 0 bridgehead atoms. The van der Waals surface area contributed by atoms with Gasteiger partial charge in [-0.1, -0.05) is 0 Å². The van der Waals surface area contributed by atoms with E-state index in [1.807, 2.05) is 0 Å². The molecule has 0 saturated carbocycles. The van der Waals surface area contributed by atoms with Gasteiger partial charge in [-0.2, -0.15) is 4.31 Å².